The third-order valence-electron chi connectivity index (χ3n) is 4.40. The molecule has 1 N–H and O–H groups in total. The molecule has 3 aliphatic carbocycles. The predicted molar refractivity (Wildman–Crippen MR) is 43.1 cm³/mol. The zero-order valence-corrected chi connectivity index (χ0v) is 6.87. The summed E-state index contributed by atoms with van der Waals surface area (Å²) in [6.45, 7) is 0. The van der Waals surface area contributed by atoms with Gasteiger partial charge >= 0.3 is 0 Å². The average Bonchev–Trinajstić information content (AvgIpc) is 2.60. The molecule has 0 radical (unpaired) electrons. The minimum Gasteiger partial charge on any atom is -0.393 e. The van der Waals surface area contributed by atoms with Crippen LogP contribution in [0.15, 0.2) is 0 Å². The Hall–Kier alpha value is -0.0400. The van der Waals surface area contributed by atoms with Gasteiger partial charge in [0, 0.05) is 0 Å². The van der Waals surface area contributed by atoms with Crippen molar-refractivity contribution in [2.45, 2.75) is 38.2 Å². The number of aliphatic hydroxyl groups excluding tert-OH is 1. The van der Waals surface area contributed by atoms with Crippen molar-refractivity contribution in [3.05, 3.63) is 0 Å². The molecule has 0 aromatic carbocycles. The van der Waals surface area contributed by atoms with Crippen molar-refractivity contribution in [3.63, 3.8) is 0 Å². The molecule has 0 unspecified atom stereocenters. The molecule has 5 atom stereocenters. The highest BCUT2D eigenvalue weighted by molar-refractivity contribution is 5.02. The van der Waals surface area contributed by atoms with Crippen LogP contribution in [0.4, 0.5) is 0 Å². The van der Waals surface area contributed by atoms with Gasteiger partial charge in [-0.2, -0.15) is 0 Å². The molecule has 11 heavy (non-hydrogen) atoms. The van der Waals surface area contributed by atoms with Gasteiger partial charge in [0.1, 0.15) is 0 Å². The Morgan fingerprint density at radius 2 is 1.73 bits per heavy atom. The molecule has 62 valence electrons. The third-order valence-corrected chi connectivity index (χ3v) is 4.40. The van der Waals surface area contributed by atoms with Crippen LogP contribution >= 0.6 is 0 Å². The van der Waals surface area contributed by atoms with E-state index in [1.54, 1.807) is 0 Å². The highest BCUT2D eigenvalue weighted by Gasteiger charge is 2.52. The second-order valence-corrected chi connectivity index (χ2v) is 4.72. The molecule has 0 heterocycles. The van der Waals surface area contributed by atoms with Gasteiger partial charge in [0.05, 0.1) is 6.10 Å². The van der Waals surface area contributed by atoms with Crippen LogP contribution in [0.3, 0.4) is 0 Å². The van der Waals surface area contributed by atoms with Gasteiger partial charge in [-0.25, -0.2) is 0 Å². The van der Waals surface area contributed by atoms with Gasteiger partial charge in [0.25, 0.3) is 0 Å². The van der Waals surface area contributed by atoms with E-state index >= 15 is 0 Å². The van der Waals surface area contributed by atoms with Gasteiger partial charge in [-0.05, 0) is 55.8 Å². The fourth-order valence-electron chi connectivity index (χ4n) is 4.04. The number of hydrogen-bond acceptors (Lipinski definition) is 1. The fraction of sp³-hybridized carbons (Fsp3) is 1.00. The molecule has 0 amide bonds. The Kier molecular flexibility index (Phi) is 1.18. The van der Waals surface area contributed by atoms with Crippen LogP contribution in [0.2, 0.25) is 0 Å². The van der Waals surface area contributed by atoms with E-state index in [0.717, 1.165) is 30.1 Å². The lowest BCUT2D eigenvalue weighted by Gasteiger charge is -2.26. The van der Waals surface area contributed by atoms with Gasteiger partial charge in [0.2, 0.25) is 0 Å². The normalized spacial score (nSPS) is 60.3. The van der Waals surface area contributed by atoms with Gasteiger partial charge in [0.15, 0.2) is 0 Å². The highest BCUT2D eigenvalue weighted by Crippen LogP contribution is 2.58. The molecule has 2 bridgehead atoms. The molecule has 3 saturated carbocycles. The van der Waals surface area contributed by atoms with E-state index in [9.17, 15) is 5.11 Å². The van der Waals surface area contributed by atoms with Crippen LogP contribution in [-0.2, 0) is 0 Å². The summed E-state index contributed by atoms with van der Waals surface area (Å²) < 4.78 is 0. The molecule has 1 nitrogen and oxygen atoms in total. The van der Waals surface area contributed by atoms with E-state index < -0.39 is 0 Å². The summed E-state index contributed by atoms with van der Waals surface area (Å²) in [5, 5.41) is 9.72. The Bertz CT molecular complexity index is 178. The van der Waals surface area contributed by atoms with E-state index in [4.69, 9.17) is 0 Å². The number of aliphatic hydroxyl groups is 1. The standard InChI is InChI=1S/C10H16O/c11-9-4-3-8-6-1-2-7(5-6)10(8)9/h6-11H,1-5H2/t6-,7+,8-,9+,10+/m1/s1. The lowest BCUT2D eigenvalue weighted by atomic mass is 9.81. The van der Waals surface area contributed by atoms with E-state index in [1.807, 2.05) is 0 Å². The first-order valence-electron chi connectivity index (χ1n) is 5.04. The highest BCUT2D eigenvalue weighted by atomic mass is 16.3. The number of fused-ring (bicyclic) bond motifs is 5. The third kappa shape index (κ3) is 0.703. The maximum atomic E-state index is 9.72. The van der Waals surface area contributed by atoms with E-state index in [2.05, 4.69) is 0 Å². The molecular weight excluding hydrogens is 136 g/mol. The molecule has 3 aliphatic rings. The Morgan fingerprint density at radius 3 is 2.55 bits per heavy atom. The Balaban J connectivity index is 1.91. The molecular formula is C10H16O. The second kappa shape index (κ2) is 2.01. The first-order chi connectivity index (χ1) is 5.36. The van der Waals surface area contributed by atoms with Crippen LogP contribution in [0, 0.1) is 23.7 Å². The average molecular weight is 152 g/mol. The van der Waals surface area contributed by atoms with E-state index in [1.165, 1.54) is 25.7 Å². The minimum atomic E-state index is 0.0790. The van der Waals surface area contributed by atoms with Crippen molar-refractivity contribution in [1.82, 2.24) is 0 Å². The molecule has 0 aromatic rings. The Morgan fingerprint density at radius 1 is 0.909 bits per heavy atom. The van der Waals surface area contributed by atoms with Crippen LogP contribution in [0.1, 0.15) is 32.1 Å². The van der Waals surface area contributed by atoms with Crippen molar-refractivity contribution >= 4 is 0 Å². The smallest absolute Gasteiger partial charge is 0.0573 e. The summed E-state index contributed by atoms with van der Waals surface area (Å²) in [5.74, 6) is 3.60. The van der Waals surface area contributed by atoms with Crippen LogP contribution in [0.25, 0.3) is 0 Å². The summed E-state index contributed by atoms with van der Waals surface area (Å²) in [6.07, 6.45) is 6.85. The molecule has 0 saturated heterocycles. The summed E-state index contributed by atoms with van der Waals surface area (Å²) in [5.41, 5.74) is 0. The molecule has 0 aromatic heterocycles. The summed E-state index contributed by atoms with van der Waals surface area (Å²) in [6, 6.07) is 0. The van der Waals surface area contributed by atoms with Gasteiger partial charge in [-0.1, -0.05) is 0 Å². The van der Waals surface area contributed by atoms with Crippen molar-refractivity contribution in [1.29, 1.82) is 0 Å². The topological polar surface area (TPSA) is 20.2 Å². The molecule has 3 rings (SSSR count). The summed E-state index contributed by atoms with van der Waals surface area (Å²) >= 11 is 0. The van der Waals surface area contributed by atoms with Crippen molar-refractivity contribution < 1.29 is 5.11 Å². The lowest BCUT2D eigenvalue weighted by molar-refractivity contribution is 0.0863. The summed E-state index contributed by atoms with van der Waals surface area (Å²) in [4.78, 5) is 0. The number of rotatable bonds is 0. The maximum absolute atomic E-state index is 9.72. The minimum absolute atomic E-state index is 0.0790. The summed E-state index contributed by atoms with van der Waals surface area (Å²) in [7, 11) is 0. The van der Waals surface area contributed by atoms with E-state index in [-0.39, 0.29) is 6.10 Å². The molecule has 0 spiro atoms. The number of hydrogen-bond donors (Lipinski definition) is 1. The van der Waals surface area contributed by atoms with Gasteiger partial charge in [-0.15, -0.1) is 0 Å². The van der Waals surface area contributed by atoms with Crippen molar-refractivity contribution in [3.8, 4) is 0 Å². The van der Waals surface area contributed by atoms with Gasteiger partial charge < -0.3 is 5.11 Å². The second-order valence-electron chi connectivity index (χ2n) is 4.72. The van der Waals surface area contributed by atoms with E-state index in [0.29, 0.717) is 0 Å². The first-order valence-corrected chi connectivity index (χ1v) is 5.04. The zero-order chi connectivity index (χ0) is 7.42. The Labute approximate surface area is 67.8 Å². The quantitative estimate of drug-likeness (QED) is 0.561. The van der Waals surface area contributed by atoms with Crippen LogP contribution < -0.4 is 0 Å². The maximum Gasteiger partial charge on any atom is 0.0573 e. The predicted octanol–water partition coefficient (Wildman–Crippen LogP) is 1.80. The first kappa shape index (κ1) is 6.47. The fourth-order valence-corrected chi connectivity index (χ4v) is 4.04. The molecule has 0 aliphatic heterocycles. The van der Waals surface area contributed by atoms with Crippen LogP contribution in [0.5, 0.6) is 0 Å². The van der Waals surface area contributed by atoms with Crippen LogP contribution in [-0.4, -0.2) is 11.2 Å². The van der Waals surface area contributed by atoms with Gasteiger partial charge in [-0.3, -0.25) is 0 Å². The monoisotopic (exact) mass is 152 g/mol. The van der Waals surface area contributed by atoms with Crippen molar-refractivity contribution in [2.75, 3.05) is 0 Å². The zero-order valence-electron chi connectivity index (χ0n) is 6.87. The molecule has 3 fully saturated rings. The SMILES string of the molecule is O[C@H]1CC[C@@H]2[C@@H]3CC[C@@H](C3)[C@@H]21. The van der Waals surface area contributed by atoms with Crippen molar-refractivity contribution in [2.24, 2.45) is 23.7 Å². The molecule has 1 heteroatoms. The largest absolute Gasteiger partial charge is 0.393 e. The lowest BCUT2D eigenvalue weighted by Crippen LogP contribution is -2.24.